The number of amides is 2. The van der Waals surface area contributed by atoms with Crippen LogP contribution in [0.25, 0.3) is 0 Å². The van der Waals surface area contributed by atoms with Gasteiger partial charge in [-0.1, -0.05) is 64.2 Å². The highest BCUT2D eigenvalue weighted by Crippen LogP contribution is 2.12. The largest absolute Gasteiger partial charge is 0.381 e. The molecule has 0 radical (unpaired) electrons. The molecule has 0 heterocycles. The van der Waals surface area contributed by atoms with Gasteiger partial charge in [0.1, 0.15) is 0 Å². The van der Waals surface area contributed by atoms with Gasteiger partial charge in [0.2, 0.25) is 5.91 Å². The summed E-state index contributed by atoms with van der Waals surface area (Å²) in [5.41, 5.74) is 16.1. The van der Waals surface area contributed by atoms with E-state index in [2.05, 4.69) is 20.9 Å². The molecule has 10 heteroatoms. The van der Waals surface area contributed by atoms with E-state index >= 15 is 0 Å². The normalized spacial score (nSPS) is 12.6. The van der Waals surface area contributed by atoms with Gasteiger partial charge in [-0.05, 0) is 58.7 Å². The Kier molecular flexibility index (Phi) is 24.4. The van der Waals surface area contributed by atoms with Gasteiger partial charge in [-0.15, -0.1) is 0 Å². The Morgan fingerprint density at radius 1 is 0.757 bits per heavy atom. The predicted octanol–water partition coefficient (Wildman–Crippen LogP) is 2.03. The summed E-state index contributed by atoms with van der Waals surface area (Å²) in [6.07, 6.45) is 16.0. The van der Waals surface area contributed by atoms with Crippen LogP contribution in [0.1, 0.15) is 110 Å². The summed E-state index contributed by atoms with van der Waals surface area (Å²) in [6, 6.07) is -0.608. The molecular formula is C27H57N7O3. The number of aliphatic hydroxyl groups is 1. The minimum Gasteiger partial charge on any atom is -0.381 e. The molecule has 218 valence electrons. The Morgan fingerprint density at radius 2 is 1.27 bits per heavy atom. The van der Waals surface area contributed by atoms with Gasteiger partial charge >= 0.3 is 0 Å². The fraction of sp³-hybridized carbons (Fsp3) is 0.889. The van der Waals surface area contributed by atoms with E-state index in [-0.39, 0.29) is 11.9 Å². The van der Waals surface area contributed by atoms with E-state index in [1.807, 2.05) is 0 Å². The van der Waals surface area contributed by atoms with E-state index in [4.69, 9.17) is 17.2 Å². The van der Waals surface area contributed by atoms with Crippen LogP contribution in [0.3, 0.4) is 0 Å². The first kappa shape index (κ1) is 35.1. The molecule has 0 bridgehead atoms. The lowest BCUT2D eigenvalue weighted by atomic mass is 10.0. The molecular weight excluding hydrogens is 470 g/mol. The second-order valence-corrected chi connectivity index (χ2v) is 9.99. The first-order valence-corrected chi connectivity index (χ1v) is 14.6. The zero-order valence-electron chi connectivity index (χ0n) is 23.4. The quantitative estimate of drug-likeness (QED) is 0.0510. The monoisotopic (exact) mass is 527 g/mol. The summed E-state index contributed by atoms with van der Waals surface area (Å²) in [4.78, 5) is 28.2. The molecule has 0 rings (SSSR count). The number of nitrogens with two attached hydrogens (primary N) is 3. The van der Waals surface area contributed by atoms with E-state index in [0.29, 0.717) is 19.5 Å². The first-order valence-electron chi connectivity index (χ1n) is 14.6. The highest BCUT2D eigenvalue weighted by Gasteiger charge is 2.23. The highest BCUT2D eigenvalue weighted by molar-refractivity contribution is 5.83. The van der Waals surface area contributed by atoms with E-state index < -0.39 is 18.1 Å². The van der Waals surface area contributed by atoms with Crippen LogP contribution in [0.4, 0.5) is 0 Å². The van der Waals surface area contributed by atoms with Gasteiger partial charge in [0.05, 0.1) is 6.04 Å². The van der Waals surface area contributed by atoms with Crippen molar-refractivity contribution in [3.63, 3.8) is 0 Å². The van der Waals surface area contributed by atoms with Crippen LogP contribution < -0.4 is 33.2 Å². The molecule has 0 aliphatic heterocycles. The lowest BCUT2D eigenvalue weighted by molar-refractivity contribution is -0.131. The Bertz CT molecular complexity index is 586. The van der Waals surface area contributed by atoms with Crippen LogP contribution in [0.2, 0.25) is 0 Å². The zero-order valence-corrected chi connectivity index (χ0v) is 23.4. The molecule has 0 saturated heterocycles. The molecule has 10 nitrogen and oxygen atoms in total. The highest BCUT2D eigenvalue weighted by atomic mass is 16.3. The topological polar surface area (TPSA) is 181 Å². The van der Waals surface area contributed by atoms with Crippen molar-refractivity contribution in [2.45, 2.75) is 122 Å². The van der Waals surface area contributed by atoms with Gasteiger partial charge in [-0.2, -0.15) is 0 Å². The van der Waals surface area contributed by atoms with Crippen molar-refractivity contribution >= 4 is 17.8 Å². The molecule has 0 fully saturated rings. The molecule has 2 amide bonds. The summed E-state index contributed by atoms with van der Waals surface area (Å²) < 4.78 is 0. The average Bonchev–Trinajstić information content (AvgIpc) is 2.87. The summed E-state index contributed by atoms with van der Waals surface area (Å²) in [5, 5.41) is 19.0. The van der Waals surface area contributed by atoms with Crippen molar-refractivity contribution in [3.05, 3.63) is 0 Å². The number of carbonyl (C=O) groups excluding carboxylic acids is 2. The van der Waals surface area contributed by atoms with Crippen LogP contribution in [-0.4, -0.2) is 67.8 Å². The number of hydrogen-bond donors (Lipinski definition) is 7. The maximum Gasteiger partial charge on any atom is 0.250 e. The molecule has 0 aromatic carbocycles. The number of unbranched alkanes of at least 4 members (excludes halogenated alkanes) is 12. The average molecular weight is 528 g/mol. The smallest absolute Gasteiger partial charge is 0.250 e. The molecule has 1 unspecified atom stereocenters. The molecule has 0 saturated carbocycles. The minimum atomic E-state index is -1.24. The van der Waals surface area contributed by atoms with Crippen molar-refractivity contribution in [3.8, 4) is 0 Å². The number of guanidine groups is 1. The molecule has 10 N–H and O–H groups in total. The summed E-state index contributed by atoms with van der Waals surface area (Å²) >= 11 is 0. The number of nitrogens with zero attached hydrogens (tertiary/aromatic N) is 1. The number of rotatable bonds is 26. The van der Waals surface area contributed by atoms with Crippen molar-refractivity contribution in [1.82, 2.24) is 16.0 Å². The van der Waals surface area contributed by atoms with E-state index in [1.54, 1.807) is 6.92 Å². The Morgan fingerprint density at radius 3 is 1.84 bits per heavy atom. The van der Waals surface area contributed by atoms with Crippen LogP contribution >= 0.6 is 0 Å². The Hall–Kier alpha value is -1.91. The molecule has 0 aliphatic carbocycles. The van der Waals surface area contributed by atoms with Crippen molar-refractivity contribution in [2.24, 2.45) is 22.2 Å². The van der Waals surface area contributed by atoms with E-state index in [0.717, 1.165) is 64.6 Å². The lowest BCUT2D eigenvalue weighted by Crippen LogP contribution is -2.49. The maximum atomic E-state index is 12.2. The van der Waals surface area contributed by atoms with Gasteiger partial charge < -0.3 is 38.3 Å². The number of aliphatic imine (C=N–C) groups is 1. The third kappa shape index (κ3) is 24.2. The molecule has 0 spiro atoms. The standard InChI is InChI=1S/C27H57N7O3/c1-23(25(36)26(37)32-21-15-14-19-31-20-16-18-28)34-24(35)17-12-10-8-6-4-2-3-5-7-9-11-13-22-33-27(29)30/h23,25,31,36H,2-22,28H2,1H3,(H,32,37)(H,34,35)(H4,29,30,33)/t23?,25-/m1/s1. The third-order valence-corrected chi connectivity index (χ3v) is 6.37. The van der Waals surface area contributed by atoms with Gasteiger partial charge in [0.15, 0.2) is 12.1 Å². The van der Waals surface area contributed by atoms with Gasteiger partial charge in [-0.25, -0.2) is 0 Å². The third-order valence-electron chi connectivity index (χ3n) is 6.37. The second-order valence-electron chi connectivity index (χ2n) is 9.99. The SMILES string of the molecule is CC(NC(=O)CCCCCCCCCCCCCCN=C(N)N)[C@@H](O)C(=O)NCCCCNCCCN. The van der Waals surface area contributed by atoms with Crippen LogP contribution in [0.5, 0.6) is 0 Å². The van der Waals surface area contributed by atoms with Crippen LogP contribution in [0.15, 0.2) is 4.99 Å². The van der Waals surface area contributed by atoms with Gasteiger partial charge in [0, 0.05) is 19.5 Å². The van der Waals surface area contributed by atoms with E-state index in [9.17, 15) is 14.7 Å². The second kappa shape index (κ2) is 25.7. The fourth-order valence-electron chi connectivity index (χ4n) is 4.05. The summed E-state index contributed by atoms with van der Waals surface area (Å²) in [5.74, 6) is -0.368. The molecule has 0 aliphatic rings. The summed E-state index contributed by atoms with van der Waals surface area (Å²) in [6.45, 7) is 5.38. The predicted molar refractivity (Wildman–Crippen MR) is 153 cm³/mol. The molecule has 0 aromatic rings. The Balaban J connectivity index is 3.56. The van der Waals surface area contributed by atoms with Gasteiger partial charge in [-0.3, -0.25) is 14.6 Å². The maximum absolute atomic E-state index is 12.2. The number of nitrogens with one attached hydrogen (secondary N) is 3. The molecule has 0 aromatic heterocycles. The van der Waals surface area contributed by atoms with Crippen molar-refractivity contribution < 1.29 is 14.7 Å². The lowest BCUT2D eigenvalue weighted by Gasteiger charge is -2.20. The van der Waals surface area contributed by atoms with Gasteiger partial charge in [0.25, 0.3) is 5.91 Å². The number of aliphatic hydroxyl groups excluding tert-OH is 1. The molecule has 37 heavy (non-hydrogen) atoms. The molecule has 2 atom stereocenters. The fourth-order valence-corrected chi connectivity index (χ4v) is 4.05. The summed E-state index contributed by atoms with van der Waals surface area (Å²) in [7, 11) is 0. The van der Waals surface area contributed by atoms with Crippen LogP contribution in [0, 0.1) is 0 Å². The number of hydrogen-bond acceptors (Lipinski definition) is 6. The van der Waals surface area contributed by atoms with Crippen molar-refractivity contribution in [2.75, 3.05) is 32.7 Å². The Labute approximate surface area is 225 Å². The van der Waals surface area contributed by atoms with Crippen LogP contribution in [-0.2, 0) is 9.59 Å². The zero-order chi connectivity index (χ0) is 27.6. The van der Waals surface area contributed by atoms with Crippen molar-refractivity contribution in [1.29, 1.82) is 0 Å². The first-order chi connectivity index (χ1) is 17.9. The minimum absolute atomic E-state index is 0.110. The number of carbonyl (C=O) groups is 2. The van der Waals surface area contributed by atoms with E-state index in [1.165, 1.54) is 51.4 Å².